The summed E-state index contributed by atoms with van der Waals surface area (Å²) in [6.45, 7) is 0.951. The van der Waals surface area contributed by atoms with Gasteiger partial charge < -0.3 is 70.8 Å². The quantitative estimate of drug-likeness (QED) is 0.0112. The van der Waals surface area contributed by atoms with Gasteiger partial charge in [0, 0.05) is 23.0 Å². The summed E-state index contributed by atoms with van der Waals surface area (Å²) >= 11 is 0. The molecule has 3 amide bonds. The van der Waals surface area contributed by atoms with E-state index in [0.717, 1.165) is 0 Å². The molecule has 0 radical (unpaired) electrons. The van der Waals surface area contributed by atoms with Crippen molar-refractivity contribution in [1.82, 2.24) is 0 Å². The molecule has 6 aromatic rings. The van der Waals surface area contributed by atoms with Gasteiger partial charge in [-0.25, -0.2) is 4.79 Å². The summed E-state index contributed by atoms with van der Waals surface area (Å²) < 4.78 is 31.7. The third-order valence-corrected chi connectivity index (χ3v) is 13.7. The molecule has 0 aliphatic carbocycles. The van der Waals surface area contributed by atoms with Crippen LogP contribution in [-0.4, -0.2) is 104 Å². The molecule has 23 heteroatoms. The predicted octanol–water partition coefficient (Wildman–Crippen LogP) is 6.56. The highest BCUT2D eigenvalue weighted by molar-refractivity contribution is 6.23. The van der Waals surface area contributed by atoms with Crippen molar-refractivity contribution in [2.45, 2.75) is 86.5 Å². The fraction of sp³-hybridized carbons (Fsp3) is 0.283. The van der Waals surface area contributed by atoms with E-state index in [1.165, 1.54) is 36.4 Å². The Bertz CT molecular complexity index is 2920. The number of carboxylic acids is 1. The molecule has 0 fully saturated rings. The van der Waals surface area contributed by atoms with E-state index in [1.807, 2.05) is 0 Å². The number of alkyl halides is 3. The molecule has 19 N–H and O–H groups in total. The third kappa shape index (κ3) is 16.4. The fourth-order valence-corrected chi connectivity index (χ4v) is 8.93. The van der Waals surface area contributed by atoms with Crippen LogP contribution < -0.4 is 50.4 Å². The summed E-state index contributed by atoms with van der Waals surface area (Å²) in [4.78, 5) is 92.5. The van der Waals surface area contributed by atoms with Gasteiger partial charge in [0.1, 0.15) is 17.2 Å². The number of anilines is 3. The zero-order valence-electron chi connectivity index (χ0n) is 45.2. The molecule has 3 atom stereocenters. The molecule has 440 valence electrons. The standard InChI is InChI=1S/C58H67N9O9.C2HF3O2/c59-34-10-7-31-56(62,50(71)43-13-1-4-16-46(43)68)53(74)65-40-25-19-37(20-26-40)49(38-21-27-41(28-22-38)66-54(75)57(63,32-8-11-35-60)51(72)44-14-2-5-17-47(44)69)39-23-29-42(30-24-39)67-55(76)58(64,33-9-12-36-61)52(73)45-15-3-6-18-48(45)70;3-2(4,5)1(6)7/h1-6,13-30,49,68-70H,7-12,31-36,59-64H2,(H,65,74)(H,66,75)(H,67,76);(H,6,7)/t56-,57-,58-;/m0./s1. The Balaban J connectivity index is 0.00000169. The number of rotatable bonds is 27. The van der Waals surface area contributed by atoms with Crippen LogP contribution in [0.15, 0.2) is 146 Å². The van der Waals surface area contributed by atoms with Crippen molar-refractivity contribution in [3.05, 3.63) is 179 Å². The van der Waals surface area contributed by atoms with Crippen LogP contribution in [0, 0.1) is 0 Å². The third-order valence-electron chi connectivity index (χ3n) is 13.7. The maximum Gasteiger partial charge on any atom is 0.490 e. The number of nitrogens with two attached hydrogens (primary N) is 6. The van der Waals surface area contributed by atoms with Gasteiger partial charge in [0.25, 0.3) is 17.7 Å². The van der Waals surface area contributed by atoms with Gasteiger partial charge in [-0.15, -0.1) is 0 Å². The molecule has 0 saturated heterocycles. The molecular weight excluding hydrogens is 1080 g/mol. The second-order valence-corrected chi connectivity index (χ2v) is 19.7. The van der Waals surface area contributed by atoms with Gasteiger partial charge in [-0.3, -0.25) is 28.8 Å². The average Bonchev–Trinajstić information content (AvgIpc) is 3.67. The van der Waals surface area contributed by atoms with E-state index in [2.05, 4.69) is 16.0 Å². The predicted molar refractivity (Wildman–Crippen MR) is 307 cm³/mol. The first-order valence-electron chi connectivity index (χ1n) is 26.4. The first-order valence-corrected chi connectivity index (χ1v) is 26.4. The van der Waals surface area contributed by atoms with Crippen LogP contribution in [0.25, 0.3) is 0 Å². The van der Waals surface area contributed by atoms with Crippen LogP contribution in [-0.2, 0) is 19.2 Å². The number of unbranched alkanes of at least 4 members (excludes halogenated alkanes) is 3. The minimum absolute atomic E-state index is 0.0444. The lowest BCUT2D eigenvalue weighted by atomic mass is 9.83. The number of phenols is 3. The van der Waals surface area contributed by atoms with Crippen molar-refractivity contribution in [2.75, 3.05) is 35.6 Å². The summed E-state index contributed by atoms with van der Waals surface area (Å²) in [6.07, 6.45) is -2.62. The Kier molecular flexibility index (Phi) is 22.9. The van der Waals surface area contributed by atoms with Crippen molar-refractivity contribution < 1.29 is 67.2 Å². The van der Waals surface area contributed by atoms with Gasteiger partial charge in [0.05, 0.1) is 16.7 Å². The number of hydrogen-bond donors (Lipinski definition) is 13. The Morgan fingerprint density at radius 3 is 0.831 bits per heavy atom. The van der Waals surface area contributed by atoms with Gasteiger partial charge in [-0.05, 0) is 167 Å². The highest BCUT2D eigenvalue weighted by Crippen LogP contribution is 2.36. The molecule has 0 aliphatic rings. The number of aliphatic carboxylic acids is 1. The molecule has 20 nitrogen and oxygen atoms in total. The number of amides is 3. The summed E-state index contributed by atoms with van der Waals surface area (Å²) in [5, 5.41) is 47.0. The van der Waals surface area contributed by atoms with Gasteiger partial charge in [-0.2, -0.15) is 13.2 Å². The topological polar surface area (TPSA) is 393 Å². The normalized spacial score (nSPS) is 13.4. The van der Waals surface area contributed by atoms with Gasteiger partial charge >= 0.3 is 12.1 Å². The van der Waals surface area contributed by atoms with Crippen LogP contribution >= 0.6 is 0 Å². The summed E-state index contributed by atoms with van der Waals surface area (Å²) in [5.74, 6) is -8.88. The first kappa shape index (κ1) is 65.0. The maximum atomic E-state index is 14.0. The molecule has 0 bridgehead atoms. The number of nitrogens with one attached hydrogen (secondary N) is 3. The second kappa shape index (κ2) is 29.2. The molecule has 0 unspecified atom stereocenters. The van der Waals surface area contributed by atoms with E-state index in [1.54, 1.807) is 109 Å². The molecule has 6 rings (SSSR count). The van der Waals surface area contributed by atoms with Crippen LogP contribution in [0.4, 0.5) is 30.2 Å². The van der Waals surface area contributed by atoms with Gasteiger partial charge in [-0.1, -0.05) is 72.8 Å². The minimum atomic E-state index is -5.08. The van der Waals surface area contributed by atoms with E-state index in [4.69, 9.17) is 44.3 Å². The van der Waals surface area contributed by atoms with Gasteiger partial charge in [0.15, 0.2) is 34.0 Å². The van der Waals surface area contributed by atoms with Crippen molar-refractivity contribution >= 4 is 58.1 Å². The lowest BCUT2D eigenvalue weighted by Gasteiger charge is -2.28. The summed E-state index contributed by atoms with van der Waals surface area (Å²) in [7, 11) is 0. The molecule has 0 saturated carbocycles. The zero-order valence-corrected chi connectivity index (χ0v) is 45.2. The van der Waals surface area contributed by atoms with E-state index in [0.29, 0.717) is 91.9 Å². The molecule has 0 heterocycles. The number of carbonyl (C=O) groups is 7. The Hall–Kier alpha value is -8.84. The maximum absolute atomic E-state index is 14.0. The number of halogens is 3. The van der Waals surface area contributed by atoms with Crippen molar-refractivity contribution in [3.63, 3.8) is 0 Å². The molecule has 0 aromatic heterocycles. The number of carboxylic acid groups (broad SMARTS) is 1. The number of para-hydroxylation sites is 3. The van der Waals surface area contributed by atoms with Crippen LogP contribution in [0.5, 0.6) is 17.2 Å². The average molecular weight is 1150 g/mol. The fourth-order valence-electron chi connectivity index (χ4n) is 8.93. The van der Waals surface area contributed by atoms with Crippen LogP contribution in [0.3, 0.4) is 0 Å². The highest BCUT2D eigenvalue weighted by Gasteiger charge is 2.45. The van der Waals surface area contributed by atoms with E-state index in [-0.39, 0.29) is 53.2 Å². The van der Waals surface area contributed by atoms with E-state index in [9.17, 15) is 57.3 Å². The Morgan fingerprint density at radius 1 is 0.398 bits per heavy atom. The molecule has 83 heavy (non-hydrogen) atoms. The SMILES string of the molecule is NCCCC[C@@](N)(C(=O)Nc1ccc(C(c2ccc(NC(=O)[C@](N)(CCCCN)C(=O)c3ccccc3O)cc2)c2ccc(NC(=O)[C@](N)(CCCCN)C(=O)c3ccccc3O)cc2)cc1)C(=O)c1ccccc1O.O=C(O)C(F)(F)F. The number of aromatic hydroxyl groups is 3. The minimum Gasteiger partial charge on any atom is -0.507 e. The summed E-state index contributed by atoms with van der Waals surface area (Å²) in [5.41, 5.74) is 33.7. The largest absolute Gasteiger partial charge is 0.507 e. The molecular formula is C60H68F3N9O11. The van der Waals surface area contributed by atoms with Crippen LogP contribution in [0.2, 0.25) is 0 Å². The van der Waals surface area contributed by atoms with E-state index >= 15 is 0 Å². The lowest BCUT2D eigenvalue weighted by molar-refractivity contribution is -0.192. The summed E-state index contributed by atoms with van der Waals surface area (Å²) in [6, 6.07) is 38.1. The van der Waals surface area contributed by atoms with E-state index < -0.39 is 69.8 Å². The van der Waals surface area contributed by atoms with Crippen molar-refractivity contribution in [3.8, 4) is 17.2 Å². The Morgan fingerprint density at radius 2 is 0.627 bits per heavy atom. The molecule has 0 aliphatic heterocycles. The number of Topliss-reactive ketones (excluding diaryl/α,β-unsaturated/α-hetero) is 3. The molecule has 6 aromatic carbocycles. The number of ketones is 3. The second-order valence-electron chi connectivity index (χ2n) is 19.7. The highest BCUT2D eigenvalue weighted by atomic mass is 19.4. The molecule has 0 spiro atoms. The number of hydrogen-bond acceptors (Lipinski definition) is 16. The lowest BCUT2D eigenvalue weighted by Crippen LogP contribution is -2.57. The van der Waals surface area contributed by atoms with Crippen molar-refractivity contribution in [1.29, 1.82) is 0 Å². The smallest absolute Gasteiger partial charge is 0.490 e. The van der Waals surface area contributed by atoms with Crippen molar-refractivity contribution in [2.24, 2.45) is 34.4 Å². The number of benzene rings is 6. The number of phenolic OH excluding ortho intramolecular Hbond substituents is 3. The van der Waals surface area contributed by atoms with Crippen LogP contribution in [0.1, 0.15) is 111 Å². The first-order chi connectivity index (χ1) is 39.4. The van der Waals surface area contributed by atoms with Gasteiger partial charge in [0.2, 0.25) is 0 Å². The number of carbonyl (C=O) groups excluding carboxylic acids is 6. The Labute approximate surface area is 476 Å². The monoisotopic (exact) mass is 1150 g/mol. The zero-order chi connectivity index (χ0) is 61.1.